The molecule has 0 aliphatic carbocycles. The van der Waals surface area contributed by atoms with Crippen LogP contribution in [0.1, 0.15) is 11.1 Å². The van der Waals surface area contributed by atoms with Gasteiger partial charge < -0.3 is 4.99 Å². The summed E-state index contributed by atoms with van der Waals surface area (Å²) in [4.78, 5) is 4.26. The largest absolute Gasteiger partial charge is 0.341 e. The Hall–Kier alpha value is -1.02. The highest BCUT2D eigenvalue weighted by atomic mass is 32.2. The second-order valence-corrected chi connectivity index (χ2v) is 3.73. The summed E-state index contributed by atoms with van der Waals surface area (Å²) < 4.78 is 0. The van der Waals surface area contributed by atoms with Gasteiger partial charge in [0.2, 0.25) is 0 Å². The summed E-state index contributed by atoms with van der Waals surface area (Å²) in [5.41, 5.74) is 2.52. The second-order valence-electron chi connectivity index (χ2n) is 2.75. The average molecular weight is 176 g/mol. The fourth-order valence-electron chi connectivity index (χ4n) is 1.09. The Kier molecular flexibility index (Phi) is 2.00. The van der Waals surface area contributed by atoms with Crippen LogP contribution in [0.15, 0.2) is 29.3 Å². The zero-order chi connectivity index (χ0) is 8.39. The van der Waals surface area contributed by atoms with E-state index in [2.05, 4.69) is 41.9 Å². The molecule has 0 fully saturated rings. The lowest BCUT2D eigenvalue weighted by Crippen LogP contribution is -1.93. The van der Waals surface area contributed by atoms with Crippen molar-refractivity contribution in [2.75, 3.05) is 0 Å². The third-order valence-electron chi connectivity index (χ3n) is 1.77. The lowest BCUT2D eigenvalue weighted by atomic mass is 10.1. The van der Waals surface area contributed by atoms with E-state index in [0.29, 0.717) is 0 Å². The van der Waals surface area contributed by atoms with Crippen LogP contribution < -0.4 is 0 Å². The number of aryl methyl sites for hydroxylation is 1. The van der Waals surface area contributed by atoms with Crippen molar-refractivity contribution < 1.29 is 0 Å². The monoisotopic (exact) mass is 176 g/mol. The highest BCUT2D eigenvalue weighted by Gasteiger charge is 2.07. The minimum Gasteiger partial charge on any atom is -0.341 e. The smallest absolute Gasteiger partial charge is 0.132 e. The van der Waals surface area contributed by atoms with E-state index in [1.165, 1.54) is 22.9 Å². The van der Waals surface area contributed by atoms with Crippen molar-refractivity contribution in [2.24, 2.45) is 4.99 Å². The molecule has 62 valence electrons. The number of rotatable bonds is 1. The molecule has 1 aromatic rings. The molecule has 0 saturated heterocycles. The third kappa shape index (κ3) is 1.43. The van der Waals surface area contributed by atoms with Crippen molar-refractivity contribution in [3.05, 3.63) is 46.5 Å². The van der Waals surface area contributed by atoms with E-state index in [1.807, 2.05) is 6.21 Å². The second kappa shape index (κ2) is 3.15. The Bertz CT molecular complexity index is 289. The van der Waals surface area contributed by atoms with Gasteiger partial charge in [-0.05, 0) is 6.92 Å². The summed E-state index contributed by atoms with van der Waals surface area (Å²) in [7, 11) is 0. The van der Waals surface area contributed by atoms with Crippen LogP contribution in [0, 0.1) is 18.1 Å². The van der Waals surface area contributed by atoms with Crippen LogP contribution >= 0.6 is 0 Å². The SMILES string of the molecule is Cc1ccc([C-]2N=C[CH-][SH+]2)cc1. The Morgan fingerprint density at radius 2 is 2.08 bits per heavy atom. The minimum absolute atomic E-state index is 1.15. The molecule has 0 unspecified atom stereocenters. The average Bonchev–Trinajstić information content (AvgIpc) is 2.58. The lowest BCUT2D eigenvalue weighted by molar-refractivity contribution is 1.30. The summed E-state index contributed by atoms with van der Waals surface area (Å²) in [6.45, 7) is 2.09. The summed E-state index contributed by atoms with van der Waals surface area (Å²) >= 11 is 1.21. The van der Waals surface area contributed by atoms with Gasteiger partial charge in [0.1, 0.15) is 5.37 Å². The van der Waals surface area contributed by atoms with Gasteiger partial charge in [-0.1, -0.05) is 11.1 Å². The number of hydrogen-bond acceptors (Lipinski definition) is 1. The molecule has 0 aromatic heterocycles. The molecule has 1 aliphatic heterocycles. The Balaban J connectivity index is 2.23. The molecule has 0 spiro atoms. The molecule has 0 saturated carbocycles. The topological polar surface area (TPSA) is 12.4 Å². The molecule has 1 heterocycles. The number of thiol groups is 1. The maximum Gasteiger partial charge on any atom is 0.132 e. The number of nitrogens with zero attached hydrogens (tertiary/aromatic N) is 1. The van der Waals surface area contributed by atoms with Crippen molar-refractivity contribution in [1.29, 1.82) is 0 Å². The van der Waals surface area contributed by atoms with Crippen LogP contribution in [0.25, 0.3) is 0 Å². The first-order chi connectivity index (χ1) is 5.86. The van der Waals surface area contributed by atoms with Crippen LogP contribution in [-0.4, -0.2) is 6.21 Å². The molecule has 2 heteroatoms. The van der Waals surface area contributed by atoms with Gasteiger partial charge in [0, 0.05) is 0 Å². The van der Waals surface area contributed by atoms with Crippen molar-refractivity contribution in [3.8, 4) is 0 Å². The normalized spacial score (nSPS) is 14.9. The summed E-state index contributed by atoms with van der Waals surface area (Å²) in [5, 5.41) is 1.15. The first-order valence-corrected chi connectivity index (χ1v) is 4.83. The summed E-state index contributed by atoms with van der Waals surface area (Å²) in [5.74, 6) is 2.05. The highest BCUT2D eigenvalue weighted by Crippen LogP contribution is 2.22. The van der Waals surface area contributed by atoms with Gasteiger partial charge in [-0.3, -0.25) is 0 Å². The first-order valence-electron chi connectivity index (χ1n) is 3.87. The Morgan fingerprint density at radius 1 is 1.33 bits per heavy atom. The molecule has 0 N–H and O–H groups in total. The van der Waals surface area contributed by atoms with E-state index < -0.39 is 0 Å². The molecule has 12 heavy (non-hydrogen) atoms. The first kappa shape index (κ1) is 7.62. The van der Waals surface area contributed by atoms with Gasteiger partial charge in [0.15, 0.2) is 0 Å². The van der Waals surface area contributed by atoms with E-state index in [-0.39, 0.29) is 0 Å². The number of hydrogen-bond donors (Lipinski definition) is 0. The van der Waals surface area contributed by atoms with E-state index in [9.17, 15) is 0 Å². The van der Waals surface area contributed by atoms with Gasteiger partial charge in [0.05, 0.1) is 0 Å². The van der Waals surface area contributed by atoms with Gasteiger partial charge in [0.25, 0.3) is 0 Å². The number of benzene rings is 1. The molecule has 0 bridgehead atoms. The van der Waals surface area contributed by atoms with Crippen LogP contribution in [0.3, 0.4) is 0 Å². The lowest BCUT2D eigenvalue weighted by Gasteiger charge is -2.09. The standard InChI is InChI=1S/C10H10NS/c1-8-2-4-9(5-3-8)10-11-6-7-12-10/h2-7,12H,1H3/q-1. The van der Waals surface area contributed by atoms with Crippen molar-refractivity contribution in [2.45, 2.75) is 6.92 Å². The Labute approximate surface area is 76.9 Å². The van der Waals surface area contributed by atoms with Crippen LogP contribution in [-0.2, 0) is 11.8 Å². The summed E-state index contributed by atoms with van der Waals surface area (Å²) in [6.07, 6.45) is 1.86. The van der Waals surface area contributed by atoms with Crippen molar-refractivity contribution in [3.63, 3.8) is 0 Å². The third-order valence-corrected chi connectivity index (χ3v) is 2.67. The highest BCUT2D eigenvalue weighted by molar-refractivity contribution is 7.85. The quantitative estimate of drug-likeness (QED) is 0.352. The fourth-order valence-corrected chi connectivity index (χ4v) is 1.80. The zero-order valence-electron chi connectivity index (χ0n) is 6.86. The van der Waals surface area contributed by atoms with Crippen molar-refractivity contribution >= 4 is 18.0 Å². The predicted octanol–water partition coefficient (Wildman–Crippen LogP) is 1.89. The van der Waals surface area contributed by atoms with Crippen LogP contribution in [0.4, 0.5) is 0 Å². The molecule has 0 radical (unpaired) electrons. The fraction of sp³-hybridized carbons (Fsp3) is 0.100. The van der Waals surface area contributed by atoms with Crippen molar-refractivity contribution in [1.82, 2.24) is 0 Å². The van der Waals surface area contributed by atoms with Gasteiger partial charge in [-0.15, -0.1) is 24.3 Å². The van der Waals surface area contributed by atoms with E-state index in [4.69, 9.17) is 0 Å². The van der Waals surface area contributed by atoms with E-state index in [0.717, 1.165) is 5.37 Å². The molecule has 2 rings (SSSR count). The molecule has 1 nitrogen and oxygen atoms in total. The van der Waals surface area contributed by atoms with Crippen LogP contribution in [0.2, 0.25) is 0 Å². The molecule has 0 atom stereocenters. The zero-order valence-corrected chi connectivity index (χ0v) is 7.75. The van der Waals surface area contributed by atoms with E-state index >= 15 is 0 Å². The molecular weight excluding hydrogens is 166 g/mol. The predicted molar refractivity (Wildman–Crippen MR) is 55.1 cm³/mol. The molecular formula is C10H10NS-. The van der Waals surface area contributed by atoms with E-state index in [1.54, 1.807) is 0 Å². The van der Waals surface area contributed by atoms with Gasteiger partial charge in [-0.2, -0.15) is 23.7 Å². The Morgan fingerprint density at radius 3 is 2.67 bits per heavy atom. The molecule has 0 amide bonds. The van der Waals surface area contributed by atoms with Crippen LogP contribution in [0.5, 0.6) is 0 Å². The molecule has 1 aromatic carbocycles. The van der Waals surface area contributed by atoms with Gasteiger partial charge in [-0.25, -0.2) is 0 Å². The minimum atomic E-state index is 1.15. The maximum atomic E-state index is 4.26. The summed E-state index contributed by atoms with van der Waals surface area (Å²) in [6, 6.07) is 8.47. The van der Waals surface area contributed by atoms with Gasteiger partial charge >= 0.3 is 0 Å². The number of aliphatic imine (C=N–C) groups is 1. The maximum absolute atomic E-state index is 4.26. The molecule has 1 aliphatic rings.